The minimum atomic E-state index is 0.595. The summed E-state index contributed by atoms with van der Waals surface area (Å²) in [7, 11) is 0. The van der Waals surface area contributed by atoms with Crippen LogP contribution in [0.5, 0.6) is 0 Å². The van der Waals surface area contributed by atoms with Crippen molar-refractivity contribution in [3.8, 4) is 0 Å². The van der Waals surface area contributed by atoms with E-state index in [0.29, 0.717) is 6.42 Å². The van der Waals surface area contributed by atoms with E-state index in [0.717, 1.165) is 18.6 Å². The summed E-state index contributed by atoms with van der Waals surface area (Å²) in [5.41, 5.74) is 1.20. The molecular formula is C10H18O. The van der Waals surface area contributed by atoms with Crippen LogP contribution in [0.4, 0.5) is 0 Å². The van der Waals surface area contributed by atoms with Crippen molar-refractivity contribution in [1.29, 1.82) is 0 Å². The topological polar surface area (TPSA) is 17.1 Å². The predicted octanol–water partition coefficient (Wildman–Crippen LogP) is 2.96. The minimum Gasteiger partial charge on any atom is -0.303 e. The lowest BCUT2D eigenvalue weighted by molar-refractivity contribution is -0.107. The SMILES string of the molecule is CC(=CCCC(C)C)CC=O. The molecule has 1 heteroatoms. The molecule has 0 spiro atoms. The number of aldehydes is 1. The van der Waals surface area contributed by atoms with Gasteiger partial charge in [0.05, 0.1) is 0 Å². The van der Waals surface area contributed by atoms with Crippen molar-refractivity contribution in [2.75, 3.05) is 0 Å². The maximum absolute atomic E-state index is 10.1. The Balaban J connectivity index is 3.47. The fourth-order valence-corrected chi connectivity index (χ4v) is 0.878. The van der Waals surface area contributed by atoms with Crippen molar-refractivity contribution >= 4 is 6.29 Å². The van der Waals surface area contributed by atoms with Gasteiger partial charge in [0.1, 0.15) is 6.29 Å². The van der Waals surface area contributed by atoms with E-state index >= 15 is 0 Å². The third-order valence-electron chi connectivity index (χ3n) is 1.64. The number of carbonyl (C=O) groups excluding carboxylic acids is 1. The van der Waals surface area contributed by atoms with Crippen molar-refractivity contribution in [2.24, 2.45) is 5.92 Å². The highest BCUT2D eigenvalue weighted by Gasteiger charge is 1.91. The molecule has 1 nitrogen and oxygen atoms in total. The average molecular weight is 154 g/mol. The highest BCUT2D eigenvalue weighted by atomic mass is 16.1. The summed E-state index contributed by atoms with van der Waals surface area (Å²) < 4.78 is 0. The Bertz CT molecular complexity index is 134. The number of hydrogen-bond acceptors (Lipinski definition) is 1. The molecule has 0 saturated carbocycles. The summed E-state index contributed by atoms with van der Waals surface area (Å²) in [5, 5.41) is 0. The number of carbonyl (C=O) groups is 1. The van der Waals surface area contributed by atoms with Crippen molar-refractivity contribution in [3.63, 3.8) is 0 Å². The van der Waals surface area contributed by atoms with Gasteiger partial charge in [0.2, 0.25) is 0 Å². The average Bonchev–Trinajstić information content (AvgIpc) is 1.87. The second kappa shape index (κ2) is 6.14. The summed E-state index contributed by atoms with van der Waals surface area (Å²) in [5.74, 6) is 0.760. The van der Waals surface area contributed by atoms with Crippen LogP contribution in [0.3, 0.4) is 0 Å². The fraction of sp³-hybridized carbons (Fsp3) is 0.700. The normalized spacial score (nSPS) is 12.2. The van der Waals surface area contributed by atoms with E-state index in [1.165, 1.54) is 12.0 Å². The van der Waals surface area contributed by atoms with E-state index in [1.54, 1.807) is 0 Å². The van der Waals surface area contributed by atoms with E-state index < -0.39 is 0 Å². The van der Waals surface area contributed by atoms with E-state index in [4.69, 9.17) is 0 Å². The first-order valence-electron chi connectivity index (χ1n) is 4.26. The molecule has 0 heterocycles. The number of rotatable bonds is 5. The van der Waals surface area contributed by atoms with Gasteiger partial charge in [0.25, 0.3) is 0 Å². The smallest absolute Gasteiger partial charge is 0.124 e. The second-order valence-electron chi connectivity index (χ2n) is 3.39. The number of hydrogen-bond donors (Lipinski definition) is 0. The maximum Gasteiger partial charge on any atom is 0.124 e. The molecule has 0 amide bonds. The van der Waals surface area contributed by atoms with Gasteiger partial charge in [-0.15, -0.1) is 0 Å². The van der Waals surface area contributed by atoms with Gasteiger partial charge >= 0.3 is 0 Å². The predicted molar refractivity (Wildman–Crippen MR) is 48.5 cm³/mol. The van der Waals surface area contributed by atoms with Gasteiger partial charge in [-0.3, -0.25) is 0 Å². The summed E-state index contributed by atoms with van der Waals surface area (Å²) in [6.07, 6.45) is 6.04. The van der Waals surface area contributed by atoms with Crippen LogP contribution in [0.25, 0.3) is 0 Å². The molecule has 0 aromatic heterocycles. The Morgan fingerprint density at radius 1 is 1.45 bits per heavy atom. The molecule has 0 bridgehead atoms. The Hall–Kier alpha value is -0.590. The lowest BCUT2D eigenvalue weighted by Crippen LogP contribution is -1.85. The number of allylic oxidation sites excluding steroid dienone is 2. The van der Waals surface area contributed by atoms with Crippen molar-refractivity contribution in [1.82, 2.24) is 0 Å². The molecule has 64 valence electrons. The molecule has 0 aliphatic heterocycles. The van der Waals surface area contributed by atoms with Gasteiger partial charge in [0, 0.05) is 6.42 Å². The van der Waals surface area contributed by atoms with Crippen LogP contribution in [-0.4, -0.2) is 6.29 Å². The molecule has 0 aliphatic rings. The molecular weight excluding hydrogens is 136 g/mol. The lowest BCUT2D eigenvalue weighted by Gasteiger charge is -2.00. The second-order valence-corrected chi connectivity index (χ2v) is 3.39. The Morgan fingerprint density at radius 3 is 2.55 bits per heavy atom. The van der Waals surface area contributed by atoms with Gasteiger partial charge in [-0.05, 0) is 25.7 Å². The first kappa shape index (κ1) is 10.4. The van der Waals surface area contributed by atoms with Crippen LogP contribution in [0.15, 0.2) is 11.6 Å². The summed E-state index contributed by atoms with van der Waals surface area (Å²) in [4.78, 5) is 10.1. The monoisotopic (exact) mass is 154 g/mol. The molecule has 0 N–H and O–H groups in total. The molecule has 0 saturated heterocycles. The largest absolute Gasteiger partial charge is 0.303 e. The van der Waals surface area contributed by atoms with Crippen LogP contribution < -0.4 is 0 Å². The third-order valence-corrected chi connectivity index (χ3v) is 1.64. The molecule has 0 radical (unpaired) electrons. The third kappa shape index (κ3) is 7.31. The Kier molecular flexibility index (Phi) is 5.81. The van der Waals surface area contributed by atoms with Gasteiger partial charge in [-0.1, -0.05) is 25.5 Å². The van der Waals surface area contributed by atoms with E-state index in [2.05, 4.69) is 19.9 Å². The van der Waals surface area contributed by atoms with Crippen LogP contribution in [0.2, 0.25) is 0 Å². The minimum absolute atomic E-state index is 0.595. The van der Waals surface area contributed by atoms with E-state index in [9.17, 15) is 4.79 Å². The van der Waals surface area contributed by atoms with Crippen molar-refractivity contribution < 1.29 is 4.79 Å². The van der Waals surface area contributed by atoms with Gasteiger partial charge in [-0.25, -0.2) is 0 Å². The van der Waals surface area contributed by atoms with Gasteiger partial charge < -0.3 is 4.79 Å². The fourth-order valence-electron chi connectivity index (χ4n) is 0.878. The Labute approximate surface area is 69.5 Å². The van der Waals surface area contributed by atoms with E-state index in [-0.39, 0.29) is 0 Å². The summed E-state index contributed by atoms with van der Waals surface area (Å²) in [6, 6.07) is 0. The quantitative estimate of drug-likeness (QED) is 0.439. The lowest BCUT2D eigenvalue weighted by atomic mass is 10.1. The first-order chi connectivity index (χ1) is 5.16. The first-order valence-corrected chi connectivity index (χ1v) is 4.26. The summed E-state index contributed by atoms with van der Waals surface area (Å²) in [6.45, 7) is 6.43. The van der Waals surface area contributed by atoms with Crippen LogP contribution in [-0.2, 0) is 4.79 Å². The van der Waals surface area contributed by atoms with Gasteiger partial charge in [-0.2, -0.15) is 0 Å². The zero-order valence-corrected chi connectivity index (χ0v) is 7.76. The summed E-state index contributed by atoms with van der Waals surface area (Å²) >= 11 is 0. The molecule has 0 atom stereocenters. The highest BCUT2D eigenvalue weighted by Crippen LogP contribution is 2.07. The van der Waals surface area contributed by atoms with Crippen LogP contribution in [0.1, 0.15) is 40.0 Å². The van der Waals surface area contributed by atoms with Crippen molar-refractivity contribution in [2.45, 2.75) is 40.0 Å². The van der Waals surface area contributed by atoms with E-state index in [1.807, 2.05) is 6.92 Å². The van der Waals surface area contributed by atoms with Crippen molar-refractivity contribution in [3.05, 3.63) is 11.6 Å². The van der Waals surface area contributed by atoms with Crippen LogP contribution in [0, 0.1) is 5.92 Å². The molecule has 0 unspecified atom stereocenters. The Morgan fingerprint density at radius 2 is 2.09 bits per heavy atom. The molecule has 0 aliphatic carbocycles. The molecule has 0 aromatic rings. The highest BCUT2D eigenvalue weighted by molar-refractivity contribution is 5.53. The molecule has 11 heavy (non-hydrogen) atoms. The maximum atomic E-state index is 10.1. The standard InChI is InChI=1S/C10H18O/c1-9(2)5-4-6-10(3)7-8-11/h6,8-9H,4-5,7H2,1-3H3. The zero-order chi connectivity index (χ0) is 8.69. The molecule has 0 aromatic carbocycles. The zero-order valence-electron chi connectivity index (χ0n) is 7.76. The van der Waals surface area contributed by atoms with Crippen LogP contribution >= 0.6 is 0 Å². The van der Waals surface area contributed by atoms with Gasteiger partial charge in [0.15, 0.2) is 0 Å². The molecule has 0 fully saturated rings. The molecule has 0 rings (SSSR count).